The predicted molar refractivity (Wildman–Crippen MR) is 120 cm³/mol. The van der Waals surface area contributed by atoms with E-state index in [1.54, 1.807) is 42.6 Å². The number of hydrogen-bond donors (Lipinski definition) is 2. The number of terminal acetylenes is 1. The van der Waals surface area contributed by atoms with Gasteiger partial charge in [0.1, 0.15) is 5.03 Å². The highest BCUT2D eigenvalue weighted by molar-refractivity contribution is 7.99. The first-order chi connectivity index (χ1) is 14.5. The molecule has 6 heteroatoms. The van der Waals surface area contributed by atoms with Crippen molar-refractivity contribution >= 4 is 29.3 Å². The number of rotatable bonds is 6. The Morgan fingerprint density at radius 3 is 2.70 bits per heavy atom. The zero-order valence-electron chi connectivity index (χ0n) is 16.7. The van der Waals surface area contributed by atoms with E-state index >= 15 is 0 Å². The molecule has 2 N–H and O–H groups in total. The summed E-state index contributed by atoms with van der Waals surface area (Å²) in [6.07, 6.45) is 7.02. The van der Waals surface area contributed by atoms with Crippen LogP contribution < -0.4 is 10.6 Å². The van der Waals surface area contributed by atoms with Crippen molar-refractivity contribution in [3.8, 4) is 12.3 Å². The van der Waals surface area contributed by atoms with Crippen LogP contribution in [0.5, 0.6) is 0 Å². The lowest BCUT2D eigenvalue weighted by Crippen LogP contribution is -2.33. The second-order valence-corrected chi connectivity index (χ2v) is 7.71. The van der Waals surface area contributed by atoms with E-state index in [0.29, 0.717) is 21.8 Å². The Morgan fingerprint density at radius 1 is 1.10 bits per heavy atom. The number of carbonyl (C=O) groups is 2. The largest absolute Gasteiger partial charge is 0.343 e. The van der Waals surface area contributed by atoms with Gasteiger partial charge in [0.15, 0.2) is 0 Å². The molecule has 0 saturated heterocycles. The molecular formula is C24H21N3O2S. The van der Waals surface area contributed by atoms with Crippen molar-refractivity contribution < 1.29 is 9.59 Å². The van der Waals surface area contributed by atoms with Gasteiger partial charge in [-0.2, -0.15) is 0 Å². The zero-order chi connectivity index (χ0) is 21.5. The molecule has 2 aromatic carbocycles. The van der Waals surface area contributed by atoms with Crippen LogP contribution in [0.4, 0.5) is 5.69 Å². The van der Waals surface area contributed by atoms with Crippen molar-refractivity contribution in [2.24, 2.45) is 0 Å². The van der Waals surface area contributed by atoms with Crippen molar-refractivity contribution in [2.45, 2.75) is 23.8 Å². The first-order valence-corrected chi connectivity index (χ1v) is 10.1. The van der Waals surface area contributed by atoms with Crippen LogP contribution in [0.1, 0.15) is 27.0 Å². The van der Waals surface area contributed by atoms with Crippen LogP contribution >= 0.6 is 11.8 Å². The third-order valence-electron chi connectivity index (χ3n) is 4.28. The molecule has 0 saturated carbocycles. The van der Waals surface area contributed by atoms with Crippen molar-refractivity contribution in [1.29, 1.82) is 0 Å². The molecule has 0 radical (unpaired) electrons. The number of amides is 2. The lowest BCUT2D eigenvalue weighted by atomic mass is 10.2. The maximum atomic E-state index is 12.7. The van der Waals surface area contributed by atoms with Gasteiger partial charge < -0.3 is 10.6 Å². The van der Waals surface area contributed by atoms with Gasteiger partial charge in [0.25, 0.3) is 5.91 Å². The number of pyridine rings is 1. The Bertz CT molecular complexity index is 1140. The Morgan fingerprint density at radius 2 is 1.93 bits per heavy atom. The maximum Gasteiger partial charge on any atom is 0.254 e. The molecule has 1 heterocycles. The monoisotopic (exact) mass is 415 g/mol. The van der Waals surface area contributed by atoms with Gasteiger partial charge in [-0.3, -0.25) is 9.59 Å². The third-order valence-corrected chi connectivity index (χ3v) is 5.47. The van der Waals surface area contributed by atoms with Crippen molar-refractivity contribution in [2.75, 3.05) is 11.9 Å². The summed E-state index contributed by atoms with van der Waals surface area (Å²) in [6, 6.07) is 16.5. The van der Waals surface area contributed by atoms with Gasteiger partial charge in [0, 0.05) is 22.3 Å². The molecule has 0 spiro atoms. The average Bonchev–Trinajstić information content (AvgIpc) is 2.74. The number of aromatic nitrogens is 1. The topological polar surface area (TPSA) is 71.1 Å². The van der Waals surface area contributed by atoms with Crippen LogP contribution in [-0.2, 0) is 4.79 Å². The first kappa shape index (κ1) is 21.2. The molecule has 0 bridgehead atoms. The summed E-state index contributed by atoms with van der Waals surface area (Å²) < 4.78 is 0. The minimum Gasteiger partial charge on any atom is -0.343 e. The fourth-order valence-electron chi connectivity index (χ4n) is 2.81. The predicted octanol–water partition coefficient (Wildman–Crippen LogP) is 4.20. The second-order valence-electron chi connectivity index (χ2n) is 6.68. The molecule has 30 heavy (non-hydrogen) atoms. The van der Waals surface area contributed by atoms with Crippen LogP contribution in [0.25, 0.3) is 0 Å². The summed E-state index contributed by atoms with van der Waals surface area (Å²) in [6.45, 7) is 3.90. The molecule has 0 aliphatic heterocycles. The zero-order valence-corrected chi connectivity index (χ0v) is 17.5. The fourth-order valence-corrected chi connectivity index (χ4v) is 3.76. The molecular weight excluding hydrogens is 394 g/mol. The van der Waals surface area contributed by atoms with E-state index in [0.717, 1.165) is 10.5 Å². The Hall–Kier alpha value is -3.56. The van der Waals surface area contributed by atoms with E-state index in [-0.39, 0.29) is 18.4 Å². The summed E-state index contributed by atoms with van der Waals surface area (Å²) in [4.78, 5) is 30.3. The van der Waals surface area contributed by atoms with Gasteiger partial charge >= 0.3 is 0 Å². The van der Waals surface area contributed by atoms with Crippen LogP contribution in [0, 0.1) is 26.2 Å². The lowest BCUT2D eigenvalue weighted by Gasteiger charge is -2.11. The number of aryl methyl sites for hydroxylation is 2. The quantitative estimate of drug-likeness (QED) is 0.592. The standard InChI is InChI=1S/C24H21N3O2S/c1-4-18-7-5-8-19(14-18)27-22(28)15-26-23(29)20-9-6-12-25-24(20)30-21-11-10-16(2)13-17(21)3/h1,5-14H,15H2,2-3H3,(H,26,29)(H,27,28). The second kappa shape index (κ2) is 9.77. The molecule has 0 aliphatic rings. The Kier molecular flexibility index (Phi) is 6.89. The SMILES string of the molecule is C#Cc1cccc(NC(=O)CNC(=O)c2cccnc2Sc2ccc(C)cc2C)c1. The molecule has 5 nitrogen and oxygen atoms in total. The molecule has 0 atom stereocenters. The third kappa shape index (κ3) is 5.49. The number of carbonyl (C=O) groups excluding carboxylic acids is 2. The molecule has 0 aliphatic carbocycles. The minimum atomic E-state index is -0.358. The maximum absolute atomic E-state index is 12.7. The van der Waals surface area contributed by atoms with E-state index < -0.39 is 0 Å². The van der Waals surface area contributed by atoms with Gasteiger partial charge in [-0.05, 0) is 55.8 Å². The molecule has 3 rings (SSSR count). The highest BCUT2D eigenvalue weighted by atomic mass is 32.2. The number of nitrogens with zero attached hydrogens (tertiary/aromatic N) is 1. The van der Waals surface area contributed by atoms with E-state index in [4.69, 9.17) is 6.42 Å². The van der Waals surface area contributed by atoms with E-state index in [1.165, 1.54) is 17.3 Å². The summed E-state index contributed by atoms with van der Waals surface area (Å²) in [5.41, 5.74) is 3.96. The first-order valence-electron chi connectivity index (χ1n) is 9.31. The van der Waals surface area contributed by atoms with Crippen molar-refractivity contribution in [3.05, 3.63) is 83.0 Å². The van der Waals surface area contributed by atoms with Gasteiger partial charge in [0.2, 0.25) is 5.91 Å². The van der Waals surface area contributed by atoms with Crippen molar-refractivity contribution in [3.63, 3.8) is 0 Å². The Labute approximate surface area is 180 Å². The summed E-state index contributed by atoms with van der Waals surface area (Å²) >= 11 is 1.43. The smallest absolute Gasteiger partial charge is 0.254 e. The number of benzene rings is 2. The molecule has 0 unspecified atom stereocenters. The lowest BCUT2D eigenvalue weighted by molar-refractivity contribution is -0.115. The average molecular weight is 416 g/mol. The van der Waals surface area contributed by atoms with E-state index in [9.17, 15) is 9.59 Å². The summed E-state index contributed by atoms with van der Waals surface area (Å²) in [5.74, 6) is 1.81. The molecule has 1 aromatic heterocycles. The van der Waals surface area contributed by atoms with Gasteiger partial charge in [-0.15, -0.1) is 6.42 Å². The molecule has 0 fully saturated rings. The van der Waals surface area contributed by atoms with Crippen LogP contribution in [-0.4, -0.2) is 23.3 Å². The summed E-state index contributed by atoms with van der Waals surface area (Å²) in [7, 11) is 0. The highest BCUT2D eigenvalue weighted by Gasteiger charge is 2.15. The van der Waals surface area contributed by atoms with E-state index in [2.05, 4.69) is 27.6 Å². The fraction of sp³-hybridized carbons (Fsp3) is 0.125. The number of hydrogen-bond acceptors (Lipinski definition) is 4. The Balaban J connectivity index is 1.65. The normalized spacial score (nSPS) is 10.2. The molecule has 2 amide bonds. The van der Waals surface area contributed by atoms with Crippen LogP contribution in [0.3, 0.4) is 0 Å². The summed E-state index contributed by atoms with van der Waals surface area (Å²) in [5, 5.41) is 5.96. The minimum absolute atomic E-state index is 0.165. The highest BCUT2D eigenvalue weighted by Crippen LogP contribution is 2.31. The number of anilines is 1. The van der Waals surface area contributed by atoms with Crippen LogP contribution in [0.2, 0.25) is 0 Å². The van der Waals surface area contributed by atoms with Gasteiger partial charge in [-0.25, -0.2) is 4.98 Å². The van der Waals surface area contributed by atoms with Gasteiger partial charge in [-0.1, -0.05) is 41.4 Å². The number of nitrogens with one attached hydrogen (secondary N) is 2. The molecule has 3 aromatic rings. The molecule has 150 valence electrons. The van der Waals surface area contributed by atoms with E-state index in [1.807, 2.05) is 26.0 Å². The van der Waals surface area contributed by atoms with Crippen LogP contribution in [0.15, 0.2) is 70.7 Å². The van der Waals surface area contributed by atoms with Gasteiger partial charge in [0.05, 0.1) is 12.1 Å². The van der Waals surface area contributed by atoms with Crippen molar-refractivity contribution in [1.82, 2.24) is 10.3 Å².